The molecule has 74 valence electrons. The number of para-hydroxylation sites is 1. The number of nitrogens with zero attached hydrogens (tertiary/aromatic N) is 1. The van der Waals surface area contributed by atoms with Gasteiger partial charge in [0.25, 0.3) is 10.1 Å². The van der Waals surface area contributed by atoms with E-state index in [4.69, 9.17) is 4.55 Å². The van der Waals surface area contributed by atoms with Crippen LogP contribution in [0, 0.1) is 0 Å². The Bertz CT molecular complexity index is 526. The maximum Gasteiger partial charge on any atom is 0.271 e. The molecule has 0 aliphatic heterocycles. The number of rotatable bonds is 2. The first-order chi connectivity index (χ1) is 6.54. The average Bonchev–Trinajstić information content (AvgIpc) is 2.42. The second kappa shape index (κ2) is 3.30. The van der Waals surface area contributed by atoms with Gasteiger partial charge in [0, 0.05) is 0 Å². The van der Waals surface area contributed by atoms with E-state index in [9.17, 15) is 8.42 Å². The summed E-state index contributed by atoms with van der Waals surface area (Å²) in [7, 11) is -3.98. The van der Waals surface area contributed by atoms with Crippen molar-refractivity contribution in [3.63, 3.8) is 0 Å². The highest BCUT2D eigenvalue weighted by molar-refractivity contribution is 7.85. The number of hydrogen-bond acceptors (Lipinski definition) is 4. The minimum absolute atomic E-state index is 0.410. The molecule has 0 amide bonds. The van der Waals surface area contributed by atoms with Crippen LogP contribution in [-0.4, -0.2) is 18.0 Å². The highest BCUT2D eigenvalue weighted by atomic mass is 32.2. The zero-order valence-corrected chi connectivity index (χ0v) is 8.68. The van der Waals surface area contributed by atoms with Crippen LogP contribution in [0.4, 0.5) is 0 Å². The van der Waals surface area contributed by atoms with E-state index in [2.05, 4.69) is 4.98 Å². The normalized spacial score (nSPS) is 12.1. The molecule has 0 atom stereocenters. The second-order valence-electron chi connectivity index (χ2n) is 2.80. The zero-order chi connectivity index (χ0) is 10.2. The number of benzene rings is 1. The van der Waals surface area contributed by atoms with E-state index in [0.29, 0.717) is 5.01 Å². The van der Waals surface area contributed by atoms with Gasteiger partial charge in [-0.25, -0.2) is 4.98 Å². The summed E-state index contributed by atoms with van der Waals surface area (Å²) < 4.78 is 30.8. The fraction of sp³-hybridized carbons (Fsp3) is 0.125. The predicted octanol–water partition coefficient (Wildman–Crippen LogP) is 1.68. The standard InChI is InChI=1S/C8H7NO3S2/c10-14(11,12)5-8-9-6-3-1-2-4-7(6)13-8/h1-4H,5H2,(H,10,11,12). The van der Waals surface area contributed by atoms with Crippen LogP contribution in [0.15, 0.2) is 24.3 Å². The lowest BCUT2D eigenvalue weighted by molar-refractivity contribution is 0.482. The third kappa shape index (κ3) is 2.09. The van der Waals surface area contributed by atoms with Gasteiger partial charge in [-0.1, -0.05) is 12.1 Å². The maximum atomic E-state index is 10.6. The summed E-state index contributed by atoms with van der Waals surface area (Å²) >= 11 is 1.27. The topological polar surface area (TPSA) is 67.3 Å². The molecule has 2 aromatic rings. The third-order valence-corrected chi connectivity index (χ3v) is 3.50. The molecule has 0 aliphatic rings. The lowest BCUT2D eigenvalue weighted by Gasteiger charge is -1.88. The molecule has 2 rings (SSSR count). The Kier molecular flexibility index (Phi) is 2.26. The van der Waals surface area contributed by atoms with Crippen LogP contribution < -0.4 is 0 Å². The van der Waals surface area contributed by atoms with E-state index in [0.717, 1.165) is 10.2 Å². The molecule has 0 fully saturated rings. The number of aromatic nitrogens is 1. The minimum Gasteiger partial charge on any atom is -0.285 e. The SMILES string of the molecule is O=S(=O)(O)Cc1nc2ccccc2s1. The van der Waals surface area contributed by atoms with Crippen LogP contribution in [0.1, 0.15) is 5.01 Å². The van der Waals surface area contributed by atoms with Crippen molar-refractivity contribution in [2.24, 2.45) is 0 Å². The van der Waals surface area contributed by atoms with Gasteiger partial charge in [0.1, 0.15) is 10.8 Å². The second-order valence-corrected chi connectivity index (χ2v) is 5.37. The molecule has 1 aromatic carbocycles. The monoisotopic (exact) mass is 229 g/mol. The van der Waals surface area contributed by atoms with Crippen LogP contribution >= 0.6 is 11.3 Å². The Morgan fingerprint density at radius 3 is 2.71 bits per heavy atom. The predicted molar refractivity (Wildman–Crippen MR) is 54.9 cm³/mol. The van der Waals surface area contributed by atoms with Gasteiger partial charge in [0.15, 0.2) is 0 Å². The average molecular weight is 229 g/mol. The molecule has 0 saturated carbocycles. The summed E-state index contributed by atoms with van der Waals surface area (Å²) in [6.45, 7) is 0. The van der Waals surface area contributed by atoms with Gasteiger partial charge in [-0.2, -0.15) is 8.42 Å². The van der Waals surface area contributed by atoms with Crippen LogP contribution in [0.5, 0.6) is 0 Å². The van der Waals surface area contributed by atoms with Crippen molar-refractivity contribution >= 4 is 31.7 Å². The Labute approximate surface area is 85.0 Å². The molecule has 6 heteroatoms. The lowest BCUT2D eigenvalue weighted by atomic mass is 10.3. The van der Waals surface area contributed by atoms with Crippen LogP contribution in [0.25, 0.3) is 10.2 Å². The van der Waals surface area contributed by atoms with Crippen molar-refractivity contribution in [1.82, 2.24) is 4.98 Å². The summed E-state index contributed by atoms with van der Waals surface area (Å²) in [6.07, 6.45) is 0. The van der Waals surface area contributed by atoms with Crippen molar-refractivity contribution in [1.29, 1.82) is 0 Å². The molecule has 0 aliphatic carbocycles. The Balaban J connectivity index is 2.46. The number of hydrogen-bond donors (Lipinski definition) is 1. The van der Waals surface area contributed by atoms with E-state index < -0.39 is 15.9 Å². The highest BCUT2D eigenvalue weighted by Crippen LogP contribution is 2.22. The fourth-order valence-corrected chi connectivity index (χ4v) is 2.96. The molecule has 4 nitrogen and oxygen atoms in total. The summed E-state index contributed by atoms with van der Waals surface area (Å²) in [5.74, 6) is -0.410. The molecule has 1 aromatic heterocycles. The molecule has 14 heavy (non-hydrogen) atoms. The van der Waals surface area contributed by atoms with E-state index in [1.54, 1.807) is 6.07 Å². The van der Waals surface area contributed by atoms with Crippen LogP contribution in [0.3, 0.4) is 0 Å². The third-order valence-electron chi connectivity index (χ3n) is 1.64. The molecule has 0 saturated heterocycles. The van der Waals surface area contributed by atoms with Crippen molar-refractivity contribution in [2.45, 2.75) is 5.75 Å². The zero-order valence-electron chi connectivity index (χ0n) is 7.04. The van der Waals surface area contributed by atoms with Gasteiger partial charge in [-0.15, -0.1) is 11.3 Å². The van der Waals surface area contributed by atoms with Crippen LogP contribution in [0.2, 0.25) is 0 Å². The van der Waals surface area contributed by atoms with Gasteiger partial charge >= 0.3 is 0 Å². The van der Waals surface area contributed by atoms with Gasteiger partial charge in [0.05, 0.1) is 10.2 Å². The first kappa shape index (κ1) is 9.57. The summed E-state index contributed by atoms with van der Waals surface area (Å²) in [5.41, 5.74) is 0.760. The lowest BCUT2D eigenvalue weighted by Crippen LogP contribution is -2.00. The first-order valence-corrected chi connectivity index (χ1v) is 6.27. The smallest absolute Gasteiger partial charge is 0.271 e. The van der Waals surface area contributed by atoms with Gasteiger partial charge in [0.2, 0.25) is 0 Å². The molecule has 1 N–H and O–H groups in total. The maximum absolute atomic E-state index is 10.6. The Morgan fingerprint density at radius 2 is 2.07 bits per heavy atom. The van der Waals surface area contributed by atoms with E-state index in [-0.39, 0.29) is 0 Å². The first-order valence-electron chi connectivity index (χ1n) is 3.84. The Morgan fingerprint density at radius 1 is 1.36 bits per heavy atom. The van der Waals surface area contributed by atoms with Crippen molar-refractivity contribution in [2.75, 3.05) is 0 Å². The summed E-state index contributed by atoms with van der Waals surface area (Å²) in [4.78, 5) is 4.08. The molecule has 1 heterocycles. The van der Waals surface area contributed by atoms with E-state index in [1.807, 2.05) is 18.2 Å². The molecule has 0 spiro atoms. The molecule has 0 bridgehead atoms. The molecule has 0 unspecified atom stereocenters. The van der Waals surface area contributed by atoms with E-state index >= 15 is 0 Å². The highest BCUT2D eigenvalue weighted by Gasteiger charge is 2.10. The van der Waals surface area contributed by atoms with Gasteiger partial charge in [-0.05, 0) is 12.1 Å². The molecule has 0 radical (unpaired) electrons. The number of thiazole rings is 1. The van der Waals surface area contributed by atoms with Crippen molar-refractivity contribution < 1.29 is 13.0 Å². The van der Waals surface area contributed by atoms with Crippen molar-refractivity contribution in [3.05, 3.63) is 29.3 Å². The minimum atomic E-state index is -3.98. The fourth-order valence-electron chi connectivity index (χ4n) is 1.14. The number of fused-ring (bicyclic) bond motifs is 1. The Hall–Kier alpha value is -0.980. The van der Waals surface area contributed by atoms with Crippen LogP contribution in [-0.2, 0) is 15.9 Å². The largest absolute Gasteiger partial charge is 0.285 e. The van der Waals surface area contributed by atoms with Crippen molar-refractivity contribution in [3.8, 4) is 0 Å². The summed E-state index contributed by atoms with van der Waals surface area (Å²) in [5, 5.41) is 0.411. The molecular weight excluding hydrogens is 222 g/mol. The quantitative estimate of drug-likeness (QED) is 0.796. The van der Waals surface area contributed by atoms with Gasteiger partial charge in [-0.3, -0.25) is 4.55 Å². The van der Waals surface area contributed by atoms with Gasteiger partial charge < -0.3 is 0 Å². The van der Waals surface area contributed by atoms with E-state index in [1.165, 1.54) is 11.3 Å². The molecular formula is C8H7NO3S2. The summed E-state index contributed by atoms with van der Waals surface area (Å²) in [6, 6.07) is 7.36.